The van der Waals surface area contributed by atoms with Crippen molar-refractivity contribution in [2.45, 2.75) is 32.6 Å². The Kier molecular flexibility index (Phi) is 3.60. The third-order valence-electron chi connectivity index (χ3n) is 4.18. The summed E-state index contributed by atoms with van der Waals surface area (Å²) in [6.45, 7) is 1.95. The number of nitrogens with one attached hydrogen (secondary N) is 1. The highest BCUT2D eigenvalue weighted by Crippen LogP contribution is 2.22. The molecule has 1 aliphatic rings. The molecule has 0 saturated carbocycles. The average molecular weight is 320 g/mol. The second-order valence-corrected chi connectivity index (χ2v) is 5.84. The van der Waals surface area contributed by atoms with E-state index in [9.17, 15) is 4.79 Å². The van der Waals surface area contributed by atoms with Gasteiger partial charge in [0.1, 0.15) is 5.52 Å². The summed E-state index contributed by atoms with van der Waals surface area (Å²) in [5.74, 6) is -0.147. The number of aromatic nitrogens is 5. The lowest BCUT2D eigenvalue weighted by atomic mass is 9.95. The molecule has 1 amide bonds. The van der Waals surface area contributed by atoms with Crippen molar-refractivity contribution in [2.24, 2.45) is 0 Å². The Morgan fingerprint density at radius 3 is 2.67 bits per heavy atom. The van der Waals surface area contributed by atoms with Gasteiger partial charge >= 0.3 is 0 Å². The summed E-state index contributed by atoms with van der Waals surface area (Å²) >= 11 is 0. The van der Waals surface area contributed by atoms with Crippen molar-refractivity contribution < 1.29 is 4.79 Å². The summed E-state index contributed by atoms with van der Waals surface area (Å²) in [4.78, 5) is 25.5. The van der Waals surface area contributed by atoms with Crippen LogP contribution >= 0.6 is 0 Å². The van der Waals surface area contributed by atoms with Crippen molar-refractivity contribution in [2.75, 3.05) is 5.32 Å². The second kappa shape index (κ2) is 5.92. The third kappa shape index (κ3) is 2.68. The fourth-order valence-electron chi connectivity index (χ4n) is 2.97. The molecule has 1 N–H and O–H groups in total. The first kappa shape index (κ1) is 14.6. The van der Waals surface area contributed by atoms with Gasteiger partial charge in [-0.25, -0.2) is 15.0 Å². The summed E-state index contributed by atoms with van der Waals surface area (Å²) in [7, 11) is 0. The molecular weight excluding hydrogens is 304 g/mol. The van der Waals surface area contributed by atoms with E-state index >= 15 is 0 Å². The Labute approximate surface area is 138 Å². The molecule has 120 valence electrons. The van der Waals surface area contributed by atoms with E-state index < -0.39 is 5.91 Å². The molecule has 2 heterocycles. The van der Waals surface area contributed by atoms with Crippen LogP contribution < -0.4 is 5.32 Å². The molecule has 1 aromatic carbocycles. The van der Waals surface area contributed by atoms with E-state index in [1.807, 2.05) is 19.1 Å². The standard InChI is InChI=1S/C17H16N6O/c1-10-11-6-2-3-7-12(11)20-17(18-10)21-16(24)15-19-13-8-4-5-9-14(13)22-23-15/h4-5,8-9H,2-3,6-7H2,1H3,(H,18,20,21,24). The van der Waals surface area contributed by atoms with Crippen LogP contribution in [0.2, 0.25) is 0 Å². The van der Waals surface area contributed by atoms with Crippen molar-refractivity contribution in [1.82, 2.24) is 25.1 Å². The zero-order valence-corrected chi connectivity index (χ0v) is 13.3. The highest BCUT2D eigenvalue weighted by molar-refractivity contribution is 6.01. The van der Waals surface area contributed by atoms with Crippen molar-refractivity contribution in [3.8, 4) is 0 Å². The molecule has 0 spiro atoms. The Balaban J connectivity index is 1.62. The van der Waals surface area contributed by atoms with Gasteiger partial charge in [0.15, 0.2) is 0 Å². The van der Waals surface area contributed by atoms with Crippen LogP contribution in [0.25, 0.3) is 11.0 Å². The van der Waals surface area contributed by atoms with E-state index in [0.29, 0.717) is 17.0 Å². The van der Waals surface area contributed by atoms with Gasteiger partial charge in [-0.3, -0.25) is 10.1 Å². The highest BCUT2D eigenvalue weighted by atomic mass is 16.2. The summed E-state index contributed by atoms with van der Waals surface area (Å²) in [6.07, 6.45) is 4.22. The van der Waals surface area contributed by atoms with Gasteiger partial charge in [0.2, 0.25) is 11.8 Å². The van der Waals surface area contributed by atoms with Crippen LogP contribution in [0.4, 0.5) is 5.95 Å². The van der Waals surface area contributed by atoms with Crippen LogP contribution in [-0.2, 0) is 12.8 Å². The number of benzene rings is 1. The highest BCUT2D eigenvalue weighted by Gasteiger charge is 2.18. The molecule has 0 fully saturated rings. The molecule has 0 bridgehead atoms. The zero-order chi connectivity index (χ0) is 16.5. The number of fused-ring (bicyclic) bond motifs is 2. The molecule has 0 atom stereocenters. The van der Waals surface area contributed by atoms with Crippen LogP contribution in [-0.4, -0.2) is 31.1 Å². The summed E-state index contributed by atoms with van der Waals surface area (Å²) in [6, 6.07) is 7.28. The summed E-state index contributed by atoms with van der Waals surface area (Å²) in [5.41, 5.74) is 4.44. The molecule has 0 unspecified atom stereocenters. The Bertz CT molecular complexity index is 940. The number of hydrogen-bond acceptors (Lipinski definition) is 6. The minimum atomic E-state index is -0.455. The van der Waals surface area contributed by atoms with Gasteiger partial charge < -0.3 is 0 Å². The normalized spacial score (nSPS) is 13.5. The number of hydrogen-bond donors (Lipinski definition) is 1. The fraction of sp³-hybridized carbons (Fsp3) is 0.294. The van der Waals surface area contributed by atoms with Crippen molar-refractivity contribution >= 4 is 22.9 Å². The smallest absolute Gasteiger partial charge is 0.288 e. The van der Waals surface area contributed by atoms with Gasteiger partial charge in [-0.15, -0.1) is 10.2 Å². The van der Waals surface area contributed by atoms with E-state index in [4.69, 9.17) is 0 Å². The molecule has 2 aromatic heterocycles. The number of amides is 1. The minimum absolute atomic E-state index is 0.00711. The molecule has 0 saturated heterocycles. The molecule has 1 aliphatic carbocycles. The maximum absolute atomic E-state index is 12.4. The molecule has 0 aliphatic heterocycles. The van der Waals surface area contributed by atoms with Crippen LogP contribution in [0, 0.1) is 6.92 Å². The van der Waals surface area contributed by atoms with Crippen LogP contribution in [0.5, 0.6) is 0 Å². The van der Waals surface area contributed by atoms with Gasteiger partial charge in [-0.05, 0) is 50.3 Å². The number of para-hydroxylation sites is 1. The van der Waals surface area contributed by atoms with Gasteiger partial charge in [-0.1, -0.05) is 12.1 Å². The zero-order valence-electron chi connectivity index (χ0n) is 13.3. The van der Waals surface area contributed by atoms with E-state index in [-0.39, 0.29) is 5.82 Å². The number of aryl methyl sites for hydroxylation is 2. The van der Waals surface area contributed by atoms with Crippen LogP contribution in [0.1, 0.15) is 40.4 Å². The third-order valence-corrected chi connectivity index (χ3v) is 4.18. The summed E-state index contributed by atoms with van der Waals surface area (Å²) in [5, 5.41) is 10.6. The molecule has 3 aromatic rings. The Morgan fingerprint density at radius 2 is 1.79 bits per heavy atom. The van der Waals surface area contributed by atoms with Crippen molar-refractivity contribution in [3.63, 3.8) is 0 Å². The molecule has 0 radical (unpaired) electrons. The monoisotopic (exact) mass is 320 g/mol. The second-order valence-electron chi connectivity index (χ2n) is 5.84. The van der Waals surface area contributed by atoms with Crippen molar-refractivity contribution in [3.05, 3.63) is 47.0 Å². The lowest BCUT2D eigenvalue weighted by Crippen LogP contribution is -2.20. The van der Waals surface area contributed by atoms with E-state index in [1.54, 1.807) is 12.1 Å². The number of carbonyl (C=O) groups excluding carboxylic acids is 1. The van der Waals surface area contributed by atoms with E-state index in [0.717, 1.165) is 30.7 Å². The van der Waals surface area contributed by atoms with Crippen LogP contribution in [0.15, 0.2) is 24.3 Å². The molecule has 7 nitrogen and oxygen atoms in total. The largest absolute Gasteiger partial charge is 0.297 e. The van der Waals surface area contributed by atoms with E-state index in [2.05, 4.69) is 30.5 Å². The first-order valence-corrected chi connectivity index (χ1v) is 7.98. The maximum Gasteiger partial charge on any atom is 0.297 e. The quantitative estimate of drug-likeness (QED) is 0.778. The first-order chi connectivity index (χ1) is 11.7. The number of rotatable bonds is 2. The fourth-order valence-corrected chi connectivity index (χ4v) is 2.97. The number of carbonyl (C=O) groups is 1. The van der Waals surface area contributed by atoms with Gasteiger partial charge in [0, 0.05) is 11.4 Å². The Morgan fingerprint density at radius 1 is 1.00 bits per heavy atom. The minimum Gasteiger partial charge on any atom is -0.288 e. The molecule has 4 rings (SSSR count). The SMILES string of the molecule is Cc1nc(NC(=O)c2nnc3ccccc3n2)nc2c1CCCC2. The Hall–Kier alpha value is -2.96. The van der Waals surface area contributed by atoms with Crippen LogP contribution in [0.3, 0.4) is 0 Å². The lowest BCUT2D eigenvalue weighted by Gasteiger charge is -2.17. The average Bonchev–Trinajstić information content (AvgIpc) is 2.61. The summed E-state index contributed by atoms with van der Waals surface area (Å²) < 4.78 is 0. The van der Waals surface area contributed by atoms with Gasteiger partial charge in [-0.2, -0.15) is 0 Å². The first-order valence-electron chi connectivity index (χ1n) is 7.98. The molecule has 24 heavy (non-hydrogen) atoms. The lowest BCUT2D eigenvalue weighted by molar-refractivity contribution is 0.101. The number of nitrogens with zero attached hydrogens (tertiary/aromatic N) is 5. The molecule has 7 heteroatoms. The van der Waals surface area contributed by atoms with E-state index in [1.165, 1.54) is 12.0 Å². The topological polar surface area (TPSA) is 93.6 Å². The maximum atomic E-state index is 12.4. The molecular formula is C17H16N6O. The van der Waals surface area contributed by atoms with Crippen molar-refractivity contribution in [1.29, 1.82) is 0 Å². The van der Waals surface area contributed by atoms with Gasteiger partial charge in [0.25, 0.3) is 5.91 Å². The predicted molar refractivity (Wildman–Crippen MR) is 88.7 cm³/mol. The van der Waals surface area contributed by atoms with Gasteiger partial charge in [0.05, 0.1) is 5.52 Å². The predicted octanol–water partition coefficient (Wildman–Crippen LogP) is 2.25. The number of anilines is 1.